The molecular weight excluding hydrogens is 214 g/mol. The Morgan fingerprint density at radius 3 is 2.82 bits per heavy atom. The number of nitrogens with zero attached hydrogens (tertiary/aromatic N) is 1. The first-order valence-electron chi connectivity index (χ1n) is 6.19. The van der Waals surface area contributed by atoms with Crippen molar-refractivity contribution in [3.05, 3.63) is 29.3 Å². The quantitative estimate of drug-likeness (QED) is 0.841. The number of hydrogen-bond donors (Lipinski definition) is 1. The molecule has 1 saturated carbocycles. The zero-order valence-electron chi connectivity index (χ0n) is 10.1. The molecule has 0 bridgehead atoms. The summed E-state index contributed by atoms with van der Waals surface area (Å²) in [5.74, 6) is 0.174. The zero-order chi connectivity index (χ0) is 12.0. The van der Waals surface area contributed by atoms with Gasteiger partial charge >= 0.3 is 0 Å². The second-order valence-electron chi connectivity index (χ2n) is 5.28. The molecular formula is C14H17NO2. The molecule has 1 aliphatic heterocycles. The minimum Gasteiger partial charge on any atom is -0.390 e. The molecule has 1 aliphatic carbocycles. The van der Waals surface area contributed by atoms with Crippen molar-refractivity contribution in [3.63, 3.8) is 0 Å². The molecule has 1 fully saturated rings. The summed E-state index contributed by atoms with van der Waals surface area (Å²) >= 11 is 0. The third kappa shape index (κ3) is 1.84. The molecule has 0 saturated heterocycles. The number of hydrogen-bond acceptors (Lipinski definition) is 2. The van der Waals surface area contributed by atoms with Crippen LogP contribution in [0.2, 0.25) is 0 Å². The Hall–Kier alpha value is -1.35. The fraction of sp³-hybridized carbons (Fsp3) is 0.500. The van der Waals surface area contributed by atoms with Crippen molar-refractivity contribution >= 4 is 11.6 Å². The second-order valence-corrected chi connectivity index (χ2v) is 5.28. The van der Waals surface area contributed by atoms with Crippen LogP contribution in [0.5, 0.6) is 0 Å². The van der Waals surface area contributed by atoms with E-state index in [-0.39, 0.29) is 5.91 Å². The Morgan fingerprint density at radius 2 is 2.12 bits per heavy atom. The molecule has 1 aromatic carbocycles. The molecule has 1 heterocycles. The van der Waals surface area contributed by atoms with Gasteiger partial charge in [0.15, 0.2) is 0 Å². The lowest BCUT2D eigenvalue weighted by Gasteiger charge is -2.29. The summed E-state index contributed by atoms with van der Waals surface area (Å²) in [7, 11) is 1.83. The minimum atomic E-state index is -0.504. The molecule has 0 atom stereocenters. The predicted molar refractivity (Wildman–Crippen MR) is 66.1 cm³/mol. The Labute approximate surface area is 101 Å². The van der Waals surface area contributed by atoms with Crippen molar-refractivity contribution in [2.24, 2.45) is 0 Å². The normalized spacial score (nSPS) is 21.3. The maximum Gasteiger partial charge on any atom is 0.227 e. The summed E-state index contributed by atoms with van der Waals surface area (Å²) in [6.07, 6.45) is 3.86. The van der Waals surface area contributed by atoms with Crippen LogP contribution in [0, 0.1) is 0 Å². The summed E-state index contributed by atoms with van der Waals surface area (Å²) in [6, 6.07) is 6.15. The van der Waals surface area contributed by atoms with E-state index in [1.165, 1.54) is 5.56 Å². The van der Waals surface area contributed by atoms with Gasteiger partial charge in [-0.05, 0) is 30.4 Å². The topological polar surface area (TPSA) is 40.5 Å². The molecule has 3 heteroatoms. The van der Waals surface area contributed by atoms with Crippen LogP contribution in [0.3, 0.4) is 0 Å². The van der Waals surface area contributed by atoms with Gasteiger partial charge in [0, 0.05) is 25.6 Å². The van der Waals surface area contributed by atoms with Gasteiger partial charge in [0.1, 0.15) is 0 Å². The van der Waals surface area contributed by atoms with Gasteiger partial charge < -0.3 is 10.0 Å². The fourth-order valence-corrected chi connectivity index (χ4v) is 2.63. The molecule has 90 valence electrons. The van der Waals surface area contributed by atoms with E-state index in [9.17, 15) is 9.90 Å². The van der Waals surface area contributed by atoms with E-state index >= 15 is 0 Å². The average Bonchev–Trinajstić information content (AvgIpc) is 3.02. The van der Waals surface area contributed by atoms with E-state index in [1.807, 2.05) is 19.2 Å². The molecule has 0 spiro atoms. The van der Waals surface area contributed by atoms with Crippen molar-refractivity contribution in [1.82, 2.24) is 0 Å². The number of aryl methyl sites for hydroxylation is 1. The highest BCUT2D eigenvalue weighted by Crippen LogP contribution is 2.41. The third-order valence-electron chi connectivity index (χ3n) is 3.87. The number of carbonyl (C=O) groups excluding carboxylic acids is 1. The monoisotopic (exact) mass is 231 g/mol. The Bertz CT molecular complexity index is 477. The van der Waals surface area contributed by atoms with Crippen LogP contribution in [0.1, 0.15) is 30.4 Å². The van der Waals surface area contributed by atoms with Crippen LogP contribution in [0.4, 0.5) is 5.69 Å². The van der Waals surface area contributed by atoms with Crippen molar-refractivity contribution in [1.29, 1.82) is 0 Å². The lowest BCUT2D eigenvalue weighted by atomic mass is 9.94. The van der Waals surface area contributed by atoms with Gasteiger partial charge in [-0.3, -0.25) is 4.79 Å². The standard InChI is InChI=1S/C14H17NO2/c1-15-12(16)6-5-10-3-2-4-11(13(10)15)9-14(17)7-8-14/h2-4,17H,5-9H2,1H3. The van der Waals surface area contributed by atoms with Gasteiger partial charge in [0.2, 0.25) is 5.91 Å². The molecule has 2 aliphatic rings. The van der Waals surface area contributed by atoms with Crippen LogP contribution in [-0.4, -0.2) is 23.7 Å². The SMILES string of the molecule is CN1C(=O)CCc2cccc(CC3(O)CC3)c21. The van der Waals surface area contributed by atoms with Crippen molar-refractivity contribution in [2.75, 3.05) is 11.9 Å². The van der Waals surface area contributed by atoms with Gasteiger partial charge in [-0.15, -0.1) is 0 Å². The first-order chi connectivity index (χ1) is 8.09. The number of para-hydroxylation sites is 1. The summed E-state index contributed by atoms with van der Waals surface area (Å²) in [4.78, 5) is 13.5. The molecule has 17 heavy (non-hydrogen) atoms. The van der Waals surface area contributed by atoms with Crippen molar-refractivity contribution < 1.29 is 9.90 Å². The van der Waals surface area contributed by atoms with Crippen LogP contribution < -0.4 is 4.90 Å². The predicted octanol–water partition coefficient (Wildman–Crippen LogP) is 1.66. The highest BCUT2D eigenvalue weighted by atomic mass is 16.3. The molecule has 1 N–H and O–H groups in total. The number of aliphatic hydroxyl groups is 1. The van der Waals surface area contributed by atoms with Crippen molar-refractivity contribution in [3.8, 4) is 0 Å². The number of amides is 1. The van der Waals surface area contributed by atoms with E-state index in [0.29, 0.717) is 12.8 Å². The van der Waals surface area contributed by atoms with E-state index in [2.05, 4.69) is 6.07 Å². The number of fused-ring (bicyclic) bond motifs is 1. The first kappa shape index (κ1) is 10.8. The third-order valence-corrected chi connectivity index (χ3v) is 3.87. The molecule has 0 unspecified atom stereocenters. The lowest BCUT2D eigenvalue weighted by molar-refractivity contribution is -0.118. The Morgan fingerprint density at radius 1 is 1.35 bits per heavy atom. The van der Waals surface area contributed by atoms with Crippen LogP contribution in [0.15, 0.2) is 18.2 Å². The average molecular weight is 231 g/mol. The molecule has 0 aromatic heterocycles. The molecule has 0 radical (unpaired) electrons. The molecule has 1 aromatic rings. The van der Waals surface area contributed by atoms with E-state index in [0.717, 1.165) is 30.5 Å². The summed E-state index contributed by atoms with van der Waals surface area (Å²) in [5, 5.41) is 10.0. The van der Waals surface area contributed by atoms with Crippen LogP contribution in [-0.2, 0) is 17.6 Å². The van der Waals surface area contributed by atoms with E-state index in [4.69, 9.17) is 0 Å². The maximum absolute atomic E-state index is 11.8. The number of carbonyl (C=O) groups is 1. The van der Waals surface area contributed by atoms with Gasteiger partial charge in [-0.1, -0.05) is 18.2 Å². The van der Waals surface area contributed by atoms with E-state index < -0.39 is 5.60 Å². The number of benzene rings is 1. The van der Waals surface area contributed by atoms with Crippen molar-refractivity contribution in [2.45, 2.75) is 37.7 Å². The molecule has 3 nitrogen and oxygen atoms in total. The number of rotatable bonds is 2. The second kappa shape index (κ2) is 3.57. The summed E-state index contributed by atoms with van der Waals surface area (Å²) < 4.78 is 0. The van der Waals surface area contributed by atoms with Gasteiger partial charge in [0.25, 0.3) is 0 Å². The smallest absolute Gasteiger partial charge is 0.227 e. The Kier molecular flexibility index (Phi) is 2.26. The van der Waals surface area contributed by atoms with E-state index in [1.54, 1.807) is 4.90 Å². The van der Waals surface area contributed by atoms with Crippen LogP contribution >= 0.6 is 0 Å². The lowest BCUT2D eigenvalue weighted by Crippen LogP contribution is -2.32. The van der Waals surface area contributed by atoms with Gasteiger partial charge in [0.05, 0.1) is 5.60 Å². The highest BCUT2D eigenvalue weighted by molar-refractivity contribution is 5.96. The Balaban J connectivity index is 2.01. The summed E-state index contributed by atoms with van der Waals surface area (Å²) in [5.41, 5.74) is 2.87. The minimum absolute atomic E-state index is 0.174. The first-order valence-corrected chi connectivity index (χ1v) is 6.19. The number of anilines is 1. The zero-order valence-corrected chi connectivity index (χ0v) is 10.1. The maximum atomic E-state index is 11.8. The van der Waals surface area contributed by atoms with Gasteiger partial charge in [-0.2, -0.15) is 0 Å². The molecule has 3 rings (SSSR count). The van der Waals surface area contributed by atoms with Gasteiger partial charge in [-0.25, -0.2) is 0 Å². The van der Waals surface area contributed by atoms with Crippen LogP contribution in [0.25, 0.3) is 0 Å². The highest BCUT2D eigenvalue weighted by Gasteiger charge is 2.41. The summed E-state index contributed by atoms with van der Waals surface area (Å²) in [6.45, 7) is 0. The largest absolute Gasteiger partial charge is 0.390 e. The molecule has 1 amide bonds. The fourth-order valence-electron chi connectivity index (χ4n) is 2.63.